The van der Waals surface area contributed by atoms with Gasteiger partial charge in [0.1, 0.15) is 5.56 Å². The highest BCUT2D eigenvalue weighted by Gasteiger charge is 2.20. The molecule has 0 aliphatic heterocycles. The lowest BCUT2D eigenvalue weighted by molar-refractivity contribution is -0.385. The average Bonchev–Trinajstić information content (AvgIpc) is 2.95. The van der Waals surface area contributed by atoms with Crippen LogP contribution in [0, 0.1) is 17.0 Å². The molecule has 0 saturated heterocycles. The van der Waals surface area contributed by atoms with Crippen molar-refractivity contribution >= 4 is 39.7 Å². The molecule has 126 valence electrons. The van der Waals surface area contributed by atoms with E-state index in [9.17, 15) is 14.9 Å². The van der Waals surface area contributed by atoms with E-state index in [1.165, 1.54) is 29.5 Å². The minimum Gasteiger partial charge on any atom is -0.298 e. The number of para-hydroxylation sites is 1. The topological polar surface area (TPSA) is 85.1 Å². The Labute approximate surface area is 152 Å². The zero-order chi connectivity index (χ0) is 18.0. The Morgan fingerprint density at radius 1 is 1.24 bits per heavy atom. The van der Waals surface area contributed by atoms with Crippen molar-refractivity contribution in [1.82, 2.24) is 4.98 Å². The number of nitrogens with one attached hydrogen (secondary N) is 1. The van der Waals surface area contributed by atoms with Crippen LogP contribution in [-0.4, -0.2) is 15.8 Å². The van der Waals surface area contributed by atoms with Crippen molar-refractivity contribution in [3.8, 4) is 11.3 Å². The Kier molecular flexibility index (Phi) is 4.78. The van der Waals surface area contributed by atoms with Crippen LogP contribution < -0.4 is 5.32 Å². The molecule has 2 aromatic carbocycles. The molecule has 0 spiro atoms. The summed E-state index contributed by atoms with van der Waals surface area (Å²) in [5.74, 6) is -0.571. The van der Waals surface area contributed by atoms with Gasteiger partial charge in [0, 0.05) is 21.5 Å². The average molecular weight is 374 g/mol. The van der Waals surface area contributed by atoms with Gasteiger partial charge >= 0.3 is 0 Å². The predicted octanol–water partition coefficient (Wildman–Crippen LogP) is 4.93. The Hall–Kier alpha value is -2.77. The second-order valence-electron chi connectivity index (χ2n) is 5.16. The van der Waals surface area contributed by atoms with Crippen molar-refractivity contribution in [1.29, 1.82) is 0 Å². The minimum absolute atomic E-state index is 0.00958. The summed E-state index contributed by atoms with van der Waals surface area (Å²) in [6.07, 6.45) is 0. The number of thiazole rings is 1. The number of rotatable bonds is 4. The zero-order valence-corrected chi connectivity index (χ0v) is 14.6. The molecule has 1 N–H and O–H groups in total. The summed E-state index contributed by atoms with van der Waals surface area (Å²) in [6, 6.07) is 13.0. The van der Waals surface area contributed by atoms with Gasteiger partial charge in [-0.25, -0.2) is 4.98 Å². The van der Waals surface area contributed by atoms with Gasteiger partial charge in [-0.3, -0.25) is 20.2 Å². The first kappa shape index (κ1) is 17.1. The second kappa shape index (κ2) is 7.00. The van der Waals surface area contributed by atoms with Gasteiger partial charge in [0.25, 0.3) is 11.6 Å². The molecule has 8 heteroatoms. The number of hydrogen-bond donors (Lipinski definition) is 1. The first-order valence-electron chi connectivity index (χ1n) is 7.24. The maximum atomic E-state index is 12.4. The standard InChI is InChI=1S/C17H12ClN3O3S/c1-10-15(11-5-4-6-12(18)9-11)19-17(25-10)20-16(22)13-7-2-3-8-14(13)21(23)24/h2-9H,1H3,(H,19,20,22). The minimum atomic E-state index is -0.584. The summed E-state index contributed by atoms with van der Waals surface area (Å²) < 4.78 is 0. The lowest BCUT2D eigenvalue weighted by Gasteiger charge is -2.02. The third-order valence-corrected chi connectivity index (χ3v) is 4.58. The smallest absolute Gasteiger partial charge is 0.282 e. The third-order valence-electron chi connectivity index (χ3n) is 3.46. The lowest BCUT2D eigenvalue weighted by atomic mass is 10.1. The molecule has 0 aliphatic rings. The highest BCUT2D eigenvalue weighted by Crippen LogP contribution is 2.32. The number of halogens is 1. The molecule has 25 heavy (non-hydrogen) atoms. The van der Waals surface area contributed by atoms with E-state index in [-0.39, 0.29) is 11.3 Å². The molecule has 1 amide bonds. The molecular weight excluding hydrogens is 362 g/mol. The Balaban J connectivity index is 1.89. The van der Waals surface area contributed by atoms with Crippen molar-refractivity contribution in [3.05, 3.63) is 74.1 Å². The molecule has 0 saturated carbocycles. The van der Waals surface area contributed by atoms with Crippen LogP contribution in [0.4, 0.5) is 10.8 Å². The molecule has 0 atom stereocenters. The predicted molar refractivity (Wildman–Crippen MR) is 98.3 cm³/mol. The maximum Gasteiger partial charge on any atom is 0.282 e. The summed E-state index contributed by atoms with van der Waals surface area (Å²) >= 11 is 7.30. The number of aryl methyl sites for hydroxylation is 1. The van der Waals surface area contributed by atoms with Gasteiger partial charge in [-0.2, -0.15) is 0 Å². The number of benzene rings is 2. The Morgan fingerprint density at radius 3 is 2.72 bits per heavy atom. The Morgan fingerprint density at radius 2 is 2.00 bits per heavy atom. The van der Waals surface area contributed by atoms with Crippen LogP contribution in [0.15, 0.2) is 48.5 Å². The molecule has 6 nitrogen and oxygen atoms in total. The van der Waals surface area contributed by atoms with Crippen LogP contribution in [0.2, 0.25) is 5.02 Å². The zero-order valence-electron chi connectivity index (χ0n) is 13.0. The first-order chi connectivity index (χ1) is 12.0. The second-order valence-corrected chi connectivity index (χ2v) is 6.80. The van der Waals surface area contributed by atoms with Crippen molar-refractivity contribution in [3.63, 3.8) is 0 Å². The molecule has 0 bridgehead atoms. The van der Waals surface area contributed by atoms with Crippen LogP contribution >= 0.6 is 22.9 Å². The van der Waals surface area contributed by atoms with E-state index < -0.39 is 10.8 Å². The van der Waals surface area contributed by atoms with Crippen molar-refractivity contribution in [2.75, 3.05) is 5.32 Å². The van der Waals surface area contributed by atoms with E-state index in [0.717, 1.165) is 10.4 Å². The van der Waals surface area contributed by atoms with Gasteiger partial charge in [-0.15, -0.1) is 11.3 Å². The molecule has 0 fully saturated rings. The van der Waals surface area contributed by atoms with E-state index in [2.05, 4.69) is 10.3 Å². The number of carbonyl (C=O) groups excluding carboxylic acids is 1. The molecule has 0 unspecified atom stereocenters. The van der Waals surface area contributed by atoms with E-state index in [0.29, 0.717) is 15.8 Å². The summed E-state index contributed by atoms with van der Waals surface area (Å²) in [5, 5.41) is 14.6. The molecule has 1 heterocycles. The highest BCUT2D eigenvalue weighted by atomic mass is 35.5. The SMILES string of the molecule is Cc1sc(NC(=O)c2ccccc2[N+](=O)[O-])nc1-c1cccc(Cl)c1. The number of hydrogen-bond acceptors (Lipinski definition) is 5. The van der Waals surface area contributed by atoms with Crippen molar-refractivity contribution in [2.45, 2.75) is 6.92 Å². The fraction of sp³-hybridized carbons (Fsp3) is 0.0588. The lowest BCUT2D eigenvalue weighted by Crippen LogP contribution is -2.13. The molecule has 0 aliphatic carbocycles. The summed E-state index contributed by atoms with van der Waals surface area (Å²) in [5.41, 5.74) is 1.30. The van der Waals surface area contributed by atoms with E-state index in [1.807, 2.05) is 19.1 Å². The van der Waals surface area contributed by atoms with E-state index in [1.54, 1.807) is 18.2 Å². The van der Waals surface area contributed by atoms with Crippen LogP contribution in [0.25, 0.3) is 11.3 Å². The highest BCUT2D eigenvalue weighted by molar-refractivity contribution is 7.16. The van der Waals surface area contributed by atoms with Gasteiger partial charge < -0.3 is 0 Å². The van der Waals surface area contributed by atoms with Crippen LogP contribution in [-0.2, 0) is 0 Å². The number of aromatic nitrogens is 1. The number of nitro groups is 1. The summed E-state index contributed by atoms with van der Waals surface area (Å²) in [6.45, 7) is 1.88. The summed E-state index contributed by atoms with van der Waals surface area (Å²) in [4.78, 5) is 28.2. The fourth-order valence-electron chi connectivity index (χ4n) is 2.34. The summed E-state index contributed by atoms with van der Waals surface area (Å²) in [7, 11) is 0. The largest absolute Gasteiger partial charge is 0.298 e. The molecule has 3 rings (SSSR count). The van der Waals surface area contributed by atoms with Crippen molar-refractivity contribution < 1.29 is 9.72 Å². The van der Waals surface area contributed by atoms with Gasteiger partial charge in [-0.05, 0) is 25.1 Å². The number of carbonyl (C=O) groups is 1. The third kappa shape index (κ3) is 3.67. The molecule has 1 aromatic heterocycles. The normalized spacial score (nSPS) is 10.5. The van der Waals surface area contributed by atoms with Crippen molar-refractivity contribution in [2.24, 2.45) is 0 Å². The molecule has 0 radical (unpaired) electrons. The van der Waals surface area contributed by atoms with E-state index >= 15 is 0 Å². The number of nitrogens with zero attached hydrogens (tertiary/aromatic N) is 2. The molecular formula is C17H12ClN3O3S. The fourth-order valence-corrected chi connectivity index (χ4v) is 3.36. The monoisotopic (exact) mass is 373 g/mol. The number of nitro benzene ring substituents is 1. The number of amides is 1. The molecule has 3 aromatic rings. The van der Waals surface area contributed by atoms with Crippen LogP contribution in [0.5, 0.6) is 0 Å². The van der Waals surface area contributed by atoms with Gasteiger partial charge in [0.15, 0.2) is 5.13 Å². The number of anilines is 1. The quantitative estimate of drug-likeness (QED) is 0.518. The first-order valence-corrected chi connectivity index (χ1v) is 8.43. The Bertz CT molecular complexity index is 971. The van der Waals surface area contributed by atoms with Crippen LogP contribution in [0.1, 0.15) is 15.2 Å². The van der Waals surface area contributed by atoms with Gasteiger partial charge in [0.05, 0.1) is 10.6 Å². The van der Waals surface area contributed by atoms with Crippen LogP contribution in [0.3, 0.4) is 0 Å². The maximum absolute atomic E-state index is 12.4. The van der Waals surface area contributed by atoms with E-state index in [4.69, 9.17) is 11.6 Å². The van der Waals surface area contributed by atoms with Gasteiger partial charge in [-0.1, -0.05) is 35.9 Å². The van der Waals surface area contributed by atoms with Gasteiger partial charge in [0.2, 0.25) is 0 Å².